The van der Waals surface area contributed by atoms with Gasteiger partial charge in [0, 0.05) is 19.6 Å². The number of carbonyl (C=O) groups is 2. The molecule has 0 aliphatic carbocycles. The van der Waals surface area contributed by atoms with Gasteiger partial charge < -0.3 is 20.3 Å². The van der Waals surface area contributed by atoms with Gasteiger partial charge in [-0.3, -0.25) is 4.79 Å². The zero-order valence-corrected chi connectivity index (χ0v) is 14.8. The number of hydrogen-bond donors (Lipinski definition) is 1. The molecule has 0 saturated carbocycles. The van der Waals surface area contributed by atoms with Crippen LogP contribution in [0.25, 0.3) is 0 Å². The molecule has 136 valence electrons. The van der Waals surface area contributed by atoms with Crippen LogP contribution < -0.4 is 10.6 Å². The number of rotatable bonds is 1. The van der Waals surface area contributed by atoms with Crippen molar-refractivity contribution in [3.63, 3.8) is 0 Å². The molecule has 1 saturated heterocycles. The molecule has 0 spiro atoms. The summed E-state index contributed by atoms with van der Waals surface area (Å²) in [4.78, 5) is 27.3. The molecule has 1 aromatic carbocycles. The molecule has 25 heavy (non-hydrogen) atoms. The monoisotopic (exact) mass is 349 g/mol. The highest BCUT2D eigenvalue weighted by Crippen LogP contribution is 2.30. The minimum atomic E-state index is -0.568. The van der Waals surface area contributed by atoms with Gasteiger partial charge >= 0.3 is 6.09 Å². The summed E-state index contributed by atoms with van der Waals surface area (Å²) >= 11 is 0. The molecule has 0 aromatic heterocycles. The van der Waals surface area contributed by atoms with Gasteiger partial charge in [0.15, 0.2) is 0 Å². The summed E-state index contributed by atoms with van der Waals surface area (Å²) in [5.74, 6) is -0.711. The lowest BCUT2D eigenvalue weighted by Gasteiger charge is -2.32. The number of anilines is 1. The van der Waals surface area contributed by atoms with Crippen LogP contribution in [0.2, 0.25) is 0 Å². The van der Waals surface area contributed by atoms with E-state index in [1.54, 1.807) is 11.0 Å². The van der Waals surface area contributed by atoms with E-state index in [4.69, 9.17) is 10.5 Å². The quantitative estimate of drug-likeness (QED) is 0.843. The Morgan fingerprint density at radius 3 is 2.60 bits per heavy atom. The van der Waals surface area contributed by atoms with Gasteiger partial charge in [0.2, 0.25) is 5.91 Å². The summed E-state index contributed by atoms with van der Waals surface area (Å²) in [6, 6.07) is 2.57. The van der Waals surface area contributed by atoms with Crippen LogP contribution >= 0.6 is 0 Å². The van der Waals surface area contributed by atoms with Gasteiger partial charge in [0.05, 0.1) is 11.7 Å². The minimum Gasteiger partial charge on any atom is -0.444 e. The maximum Gasteiger partial charge on any atom is 0.410 e. The zero-order valence-electron chi connectivity index (χ0n) is 14.8. The third-order valence-corrected chi connectivity index (χ3v) is 4.47. The molecule has 1 atom stereocenters. The molecule has 0 bridgehead atoms. The third kappa shape index (κ3) is 3.61. The van der Waals surface area contributed by atoms with E-state index in [9.17, 15) is 14.0 Å². The number of nitrogens with two attached hydrogens (primary N) is 1. The summed E-state index contributed by atoms with van der Waals surface area (Å²) in [7, 11) is 0. The van der Waals surface area contributed by atoms with E-state index >= 15 is 0 Å². The Bertz CT molecular complexity index is 714. The third-order valence-electron chi connectivity index (χ3n) is 4.47. The number of amides is 2. The van der Waals surface area contributed by atoms with Crippen molar-refractivity contribution in [2.24, 2.45) is 5.73 Å². The summed E-state index contributed by atoms with van der Waals surface area (Å²) in [5.41, 5.74) is 7.13. The van der Waals surface area contributed by atoms with E-state index in [2.05, 4.69) is 0 Å². The molecule has 1 fully saturated rings. The van der Waals surface area contributed by atoms with Crippen molar-refractivity contribution in [1.82, 2.24) is 4.90 Å². The van der Waals surface area contributed by atoms with E-state index in [1.807, 2.05) is 20.8 Å². The van der Waals surface area contributed by atoms with Crippen LogP contribution in [0, 0.1) is 5.82 Å². The number of halogens is 1. The van der Waals surface area contributed by atoms with Crippen molar-refractivity contribution in [1.29, 1.82) is 0 Å². The van der Waals surface area contributed by atoms with Gasteiger partial charge in [-0.2, -0.15) is 0 Å². The Hall–Kier alpha value is -2.15. The molecule has 2 amide bonds. The van der Waals surface area contributed by atoms with Gasteiger partial charge in [-0.15, -0.1) is 0 Å². The number of nitrogens with zero attached hydrogens (tertiary/aromatic N) is 2. The van der Waals surface area contributed by atoms with Crippen molar-refractivity contribution < 1.29 is 18.7 Å². The molecule has 3 rings (SSSR count). The molecule has 7 heteroatoms. The average molecular weight is 349 g/mol. The number of benzene rings is 1. The van der Waals surface area contributed by atoms with Crippen LogP contribution in [0.4, 0.5) is 14.9 Å². The standard InChI is InChI=1S/C18H24FN3O3/c1-18(2,3)25-17(24)21-6-4-11-9-15(13(19)8-12(11)10-21)22-7-5-14(20)16(22)23/h8-9,14H,4-7,10,20H2,1-3H3/t14-/m0/s1. The van der Waals surface area contributed by atoms with E-state index < -0.39 is 23.6 Å². The predicted octanol–water partition coefficient (Wildman–Crippen LogP) is 2.18. The van der Waals surface area contributed by atoms with Crippen LogP contribution in [0.15, 0.2) is 12.1 Å². The van der Waals surface area contributed by atoms with Crippen molar-refractivity contribution in [2.45, 2.75) is 51.8 Å². The van der Waals surface area contributed by atoms with E-state index in [-0.39, 0.29) is 11.6 Å². The fourth-order valence-electron chi connectivity index (χ4n) is 3.20. The van der Waals surface area contributed by atoms with Crippen LogP contribution in [-0.2, 0) is 22.5 Å². The van der Waals surface area contributed by atoms with Crippen LogP contribution in [0.5, 0.6) is 0 Å². The largest absolute Gasteiger partial charge is 0.444 e. The van der Waals surface area contributed by atoms with Crippen LogP contribution in [0.1, 0.15) is 38.3 Å². The van der Waals surface area contributed by atoms with Gasteiger partial charge in [-0.1, -0.05) is 0 Å². The first-order valence-corrected chi connectivity index (χ1v) is 8.52. The molecular weight excluding hydrogens is 325 g/mol. The maximum atomic E-state index is 14.6. The van der Waals surface area contributed by atoms with Crippen molar-refractivity contribution in [3.8, 4) is 0 Å². The topological polar surface area (TPSA) is 75.9 Å². The molecule has 6 nitrogen and oxygen atoms in total. The fourth-order valence-corrected chi connectivity index (χ4v) is 3.20. The smallest absolute Gasteiger partial charge is 0.410 e. The predicted molar refractivity (Wildman–Crippen MR) is 91.7 cm³/mol. The number of fused-ring (bicyclic) bond motifs is 1. The highest BCUT2D eigenvalue weighted by atomic mass is 19.1. The van der Waals surface area contributed by atoms with Gasteiger partial charge in [0.1, 0.15) is 11.4 Å². The average Bonchev–Trinajstić information content (AvgIpc) is 2.84. The lowest BCUT2D eigenvalue weighted by molar-refractivity contribution is -0.118. The minimum absolute atomic E-state index is 0.245. The van der Waals surface area contributed by atoms with Crippen molar-refractivity contribution in [2.75, 3.05) is 18.0 Å². The Morgan fingerprint density at radius 1 is 1.28 bits per heavy atom. The maximum absolute atomic E-state index is 14.6. The Labute approximate surface area is 146 Å². The lowest BCUT2D eigenvalue weighted by Crippen LogP contribution is -2.40. The number of carbonyl (C=O) groups excluding carboxylic acids is 2. The second-order valence-electron chi connectivity index (χ2n) is 7.61. The van der Waals surface area contributed by atoms with Crippen molar-refractivity contribution >= 4 is 17.7 Å². The normalized spacial score (nSPS) is 20.7. The lowest BCUT2D eigenvalue weighted by atomic mass is 9.98. The second kappa shape index (κ2) is 6.29. The molecule has 1 aromatic rings. The van der Waals surface area contributed by atoms with E-state index in [0.29, 0.717) is 32.5 Å². The zero-order chi connectivity index (χ0) is 18.4. The van der Waals surface area contributed by atoms with Crippen LogP contribution in [-0.4, -0.2) is 41.6 Å². The molecule has 2 heterocycles. The highest BCUT2D eigenvalue weighted by molar-refractivity contribution is 5.99. The van der Waals surface area contributed by atoms with E-state index in [1.165, 1.54) is 11.0 Å². The molecule has 0 radical (unpaired) electrons. The molecular formula is C18H24FN3O3. The number of ether oxygens (including phenoxy) is 1. The highest BCUT2D eigenvalue weighted by Gasteiger charge is 2.33. The summed E-state index contributed by atoms with van der Waals surface area (Å²) in [5, 5.41) is 0. The summed E-state index contributed by atoms with van der Waals surface area (Å²) in [6.45, 7) is 6.67. The molecule has 2 aliphatic heterocycles. The van der Waals surface area contributed by atoms with Gasteiger partial charge in [-0.05, 0) is 56.9 Å². The fraction of sp³-hybridized carbons (Fsp3) is 0.556. The first-order chi connectivity index (χ1) is 11.7. The molecule has 2 N–H and O–H groups in total. The first kappa shape index (κ1) is 17.7. The van der Waals surface area contributed by atoms with Crippen molar-refractivity contribution in [3.05, 3.63) is 29.1 Å². The Kier molecular flexibility index (Phi) is 4.45. The SMILES string of the molecule is CC(C)(C)OC(=O)N1CCc2cc(N3CC[C@H](N)C3=O)c(F)cc2C1. The molecule has 0 unspecified atom stereocenters. The molecule has 2 aliphatic rings. The van der Waals surface area contributed by atoms with Gasteiger partial charge in [0.25, 0.3) is 0 Å². The number of hydrogen-bond acceptors (Lipinski definition) is 4. The summed E-state index contributed by atoms with van der Waals surface area (Å²) in [6.07, 6.45) is 0.723. The first-order valence-electron chi connectivity index (χ1n) is 8.52. The van der Waals surface area contributed by atoms with Crippen LogP contribution in [0.3, 0.4) is 0 Å². The second-order valence-corrected chi connectivity index (χ2v) is 7.61. The van der Waals surface area contributed by atoms with E-state index in [0.717, 1.165) is 11.1 Å². The Morgan fingerprint density at radius 2 is 2.00 bits per heavy atom. The van der Waals surface area contributed by atoms with Gasteiger partial charge in [-0.25, -0.2) is 9.18 Å². The summed E-state index contributed by atoms with van der Waals surface area (Å²) < 4.78 is 19.9. The Balaban J connectivity index is 1.80.